The largest absolute Gasteiger partial charge is 0.378 e. The Morgan fingerprint density at radius 3 is 2.50 bits per heavy atom. The molecule has 0 aromatic rings. The molecule has 0 saturated heterocycles. The number of guanidine groups is 1. The van der Waals surface area contributed by atoms with Crippen LogP contribution in [0.4, 0.5) is 0 Å². The number of hydrogen-bond acceptors (Lipinski definition) is 2. The third-order valence-corrected chi connectivity index (χ3v) is 5.57. The Morgan fingerprint density at radius 1 is 1.23 bits per heavy atom. The van der Waals surface area contributed by atoms with Gasteiger partial charge < -0.3 is 15.4 Å². The van der Waals surface area contributed by atoms with Crippen LogP contribution in [0, 0.1) is 5.41 Å². The Kier molecular flexibility index (Phi) is 6.56. The molecule has 0 amide bonds. The maximum atomic E-state index is 5.98. The summed E-state index contributed by atoms with van der Waals surface area (Å²) in [5.74, 6) is 0.968. The molecule has 0 aromatic heterocycles. The van der Waals surface area contributed by atoms with Crippen LogP contribution < -0.4 is 10.6 Å². The molecule has 0 aromatic carbocycles. The fraction of sp³-hybridized carbons (Fsp3) is 0.824. The lowest BCUT2D eigenvalue weighted by atomic mass is 9.60. The first-order chi connectivity index (χ1) is 10.3. The normalized spacial score (nSPS) is 30.2. The molecule has 3 aliphatic carbocycles. The molecule has 3 aliphatic rings. The SMILES string of the molecule is CCOC1CC(NC(=NC)NC2CC=CC2)C12CCCC2.I. The molecule has 3 rings (SSSR count). The molecule has 2 fully saturated rings. The first-order valence-corrected chi connectivity index (χ1v) is 8.55. The first kappa shape index (κ1) is 18.0. The van der Waals surface area contributed by atoms with Gasteiger partial charge in [-0.1, -0.05) is 25.0 Å². The fourth-order valence-corrected chi connectivity index (χ4v) is 4.35. The minimum absolute atomic E-state index is 0. The third kappa shape index (κ3) is 3.45. The van der Waals surface area contributed by atoms with Crippen molar-refractivity contribution in [2.45, 2.75) is 70.1 Å². The van der Waals surface area contributed by atoms with Gasteiger partial charge in [-0.25, -0.2) is 0 Å². The molecule has 2 N–H and O–H groups in total. The van der Waals surface area contributed by atoms with Crippen LogP contribution in [-0.2, 0) is 4.74 Å². The van der Waals surface area contributed by atoms with Crippen molar-refractivity contribution >= 4 is 29.9 Å². The number of ether oxygens (including phenoxy) is 1. The van der Waals surface area contributed by atoms with Crippen molar-refractivity contribution < 1.29 is 4.74 Å². The maximum Gasteiger partial charge on any atom is 0.191 e. The van der Waals surface area contributed by atoms with Crippen LogP contribution in [0.15, 0.2) is 17.1 Å². The van der Waals surface area contributed by atoms with Crippen LogP contribution in [-0.4, -0.2) is 37.8 Å². The summed E-state index contributed by atoms with van der Waals surface area (Å²) in [5.41, 5.74) is 0.363. The third-order valence-electron chi connectivity index (χ3n) is 5.57. The van der Waals surface area contributed by atoms with Gasteiger partial charge in [0.1, 0.15) is 0 Å². The molecule has 4 nitrogen and oxygen atoms in total. The Balaban J connectivity index is 0.00000176. The predicted octanol–water partition coefficient (Wildman–Crippen LogP) is 3.23. The number of aliphatic imine (C=N–C) groups is 1. The van der Waals surface area contributed by atoms with Gasteiger partial charge in [0.2, 0.25) is 0 Å². The zero-order valence-corrected chi connectivity index (χ0v) is 16.1. The van der Waals surface area contributed by atoms with Gasteiger partial charge in [0, 0.05) is 31.2 Å². The van der Waals surface area contributed by atoms with E-state index in [1.165, 1.54) is 25.7 Å². The highest BCUT2D eigenvalue weighted by atomic mass is 127. The van der Waals surface area contributed by atoms with Gasteiger partial charge in [0.15, 0.2) is 5.96 Å². The zero-order valence-electron chi connectivity index (χ0n) is 13.8. The Labute approximate surface area is 151 Å². The van der Waals surface area contributed by atoms with Gasteiger partial charge in [-0.05, 0) is 39.0 Å². The summed E-state index contributed by atoms with van der Waals surface area (Å²) >= 11 is 0. The smallest absolute Gasteiger partial charge is 0.191 e. The summed E-state index contributed by atoms with van der Waals surface area (Å²) in [6.07, 6.45) is 13.6. The van der Waals surface area contributed by atoms with Gasteiger partial charge in [0.05, 0.1) is 6.10 Å². The van der Waals surface area contributed by atoms with Crippen LogP contribution in [0.25, 0.3) is 0 Å². The first-order valence-electron chi connectivity index (χ1n) is 8.55. The van der Waals surface area contributed by atoms with E-state index >= 15 is 0 Å². The number of halogens is 1. The van der Waals surface area contributed by atoms with Crippen molar-refractivity contribution in [2.75, 3.05) is 13.7 Å². The number of hydrogen-bond donors (Lipinski definition) is 2. The standard InChI is InChI=1S/C17H29N3O.HI/c1-3-21-15-12-14(17(15)10-6-7-11-17)20-16(18-2)19-13-8-4-5-9-13;/h4-5,13-15H,3,6-12H2,1-2H3,(H2,18,19,20);1H. The Morgan fingerprint density at radius 2 is 1.91 bits per heavy atom. The molecule has 1 spiro atoms. The summed E-state index contributed by atoms with van der Waals surface area (Å²) in [5, 5.41) is 7.24. The number of nitrogens with zero attached hydrogens (tertiary/aromatic N) is 1. The molecule has 0 bridgehead atoms. The van der Waals surface area contributed by atoms with E-state index in [1.807, 2.05) is 7.05 Å². The van der Waals surface area contributed by atoms with Gasteiger partial charge in [-0.3, -0.25) is 4.99 Å². The molecule has 126 valence electrons. The molecular weight excluding hydrogens is 389 g/mol. The topological polar surface area (TPSA) is 45.6 Å². The Bertz CT molecular complexity index is 410. The van der Waals surface area contributed by atoms with E-state index < -0.39 is 0 Å². The average molecular weight is 419 g/mol. The lowest BCUT2D eigenvalue weighted by Crippen LogP contribution is -2.65. The number of nitrogens with one attached hydrogen (secondary N) is 2. The van der Waals surface area contributed by atoms with Crippen LogP contribution >= 0.6 is 24.0 Å². The van der Waals surface area contributed by atoms with E-state index in [-0.39, 0.29) is 24.0 Å². The zero-order chi connectivity index (χ0) is 14.7. The molecular formula is C17H30IN3O. The minimum atomic E-state index is 0. The van der Waals surface area contributed by atoms with E-state index in [4.69, 9.17) is 4.74 Å². The molecule has 0 aliphatic heterocycles. The summed E-state index contributed by atoms with van der Waals surface area (Å²) in [7, 11) is 1.87. The van der Waals surface area contributed by atoms with E-state index in [9.17, 15) is 0 Å². The molecule has 2 unspecified atom stereocenters. The maximum absolute atomic E-state index is 5.98. The van der Waals surface area contributed by atoms with Crippen molar-refractivity contribution in [1.29, 1.82) is 0 Å². The van der Waals surface area contributed by atoms with Crippen molar-refractivity contribution in [1.82, 2.24) is 10.6 Å². The van der Waals surface area contributed by atoms with Gasteiger partial charge in [0.25, 0.3) is 0 Å². The van der Waals surface area contributed by atoms with Gasteiger partial charge in [-0.15, -0.1) is 24.0 Å². The van der Waals surface area contributed by atoms with E-state index in [1.54, 1.807) is 0 Å². The van der Waals surface area contributed by atoms with Crippen molar-refractivity contribution in [2.24, 2.45) is 10.4 Å². The fourth-order valence-electron chi connectivity index (χ4n) is 4.35. The van der Waals surface area contributed by atoms with Crippen LogP contribution in [0.1, 0.15) is 51.9 Å². The highest BCUT2D eigenvalue weighted by Crippen LogP contribution is 2.54. The lowest BCUT2D eigenvalue weighted by molar-refractivity contribution is -0.125. The monoisotopic (exact) mass is 419 g/mol. The molecule has 5 heteroatoms. The minimum Gasteiger partial charge on any atom is -0.378 e. The van der Waals surface area contributed by atoms with Crippen LogP contribution in [0.2, 0.25) is 0 Å². The van der Waals surface area contributed by atoms with Gasteiger partial charge in [-0.2, -0.15) is 0 Å². The second-order valence-electron chi connectivity index (χ2n) is 6.67. The Hall–Kier alpha value is -0.300. The second-order valence-corrected chi connectivity index (χ2v) is 6.67. The summed E-state index contributed by atoms with van der Waals surface area (Å²) in [4.78, 5) is 4.42. The van der Waals surface area contributed by atoms with E-state index in [2.05, 4.69) is 34.7 Å². The highest BCUT2D eigenvalue weighted by Gasteiger charge is 2.56. The van der Waals surface area contributed by atoms with E-state index in [0.29, 0.717) is 23.6 Å². The van der Waals surface area contributed by atoms with Crippen LogP contribution in [0.5, 0.6) is 0 Å². The van der Waals surface area contributed by atoms with Crippen molar-refractivity contribution in [3.8, 4) is 0 Å². The van der Waals surface area contributed by atoms with Crippen molar-refractivity contribution in [3.63, 3.8) is 0 Å². The average Bonchev–Trinajstić information content (AvgIpc) is 3.17. The molecule has 0 heterocycles. The quantitative estimate of drug-likeness (QED) is 0.318. The summed E-state index contributed by atoms with van der Waals surface area (Å²) in [6, 6.07) is 1.04. The highest BCUT2D eigenvalue weighted by molar-refractivity contribution is 14.0. The lowest BCUT2D eigenvalue weighted by Gasteiger charge is -2.54. The molecule has 2 atom stereocenters. The number of rotatable bonds is 4. The second kappa shape index (κ2) is 7.99. The molecule has 2 saturated carbocycles. The predicted molar refractivity (Wildman–Crippen MR) is 102 cm³/mol. The molecule has 22 heavy (non-hydrogen) atoms. The van der Waals surface area contributed by atoms with Gasteiger partial charge >= 0.3 is 0 Å². The van der Waals surface area contributed by atoms with Crippen molar-refractivity contribution in [3.05, 3.63) is 12.2 Å². The van der Waals surface area contributed by atoms with E-state index in [0.717, 1.165) is 31.8 Å². The van der Waals surface area contributed by atoms with Crippen LogP contribution in [0.3, 0.4) is 0 Å². The summed E-state index contributed by atoms with van der Waals surface area (Å²) in [6.45, 7) is 2.94. The summed E-state index contributed by atoms with van der Waals surface area (Å²) < 4.78 is 5.98. The molecule has 0 radical (unpaired) electrons.